The Labute approximate surface area is 123 Å². The number of carbonyl (C=O) groups is 1. The maximum Gasteiger partial charge on any atom is 0.257 e. The van der Waals surface area contributed by atoms with E-state index in [-0.39, 0.29) is 5.91 Å². The van der Waals surface area contributed by atoms with Crippen molar-refractivity contribution in [2.75, 3.05) is 18.9 Å². The molecule has 3 N–H and O–H groups in total. The van der Waals surface area contributed by atoms with E-state index in [9.17, 15) is 4.79 Å². The summed E-state index contributed by atoms with van der Waals surface area (Å²) in [5.74, 6) is 0.279. The van der Waals surface area contributed by atoms with Crippen LogP contribution in [0.3, 0.4) is 0 Å². The number of rotatable bonds is 7. The molecule has 0 aliphatic rings. The lowest BCUT2D eigenvalue weighted by molar-refractivity contribution is 0.0950. The summed E-state index contributed by atoms with van der Waals surface area (Å²) in [7, 11) is 0. The molecule has 7 nitrogen and oxygen atoms in total. The number of amides is 1. The Kier molecular flexibility index (Phi) is 5.14. The summed E-state index contributed by atoms with van der Waals surface area (Å²) in [5.41, 5.74) is 6.67. The van der Waals surface area contributed by atoms with E-state index in [0.29, 0.717) is 36.7 Å². The number of nitrogen functional groups attached to an aromatic ring is 1. The van der Waals surface area contributed by atoms with Gasteiger partial charge in [-0.3, -0.25) is 9.48 Å². The van der Waals surface area contributed by atoms with Crippen LogP contribution in [0.1, 0.15) is 23.7 Å². The van der Waals surface area contributed by atoms with Crippen molar-refractivity contribution >= 4 is 11.6 Å². The zero-order valence-corrected chi connectivity index (χ0v) is 12.0. The van der Waals surface area contributed by atoms with Gasteiger partial charge >= 0.3 is 0 Å². The summed E-state index contributed by atoms with van der Waals surface area (Å²) in [6, 6.07) is 5.19. The molecule has 7 heteroatoms. The average Bonchev–Trinajstić information content (AvgIpc) is 2.97. The Bertz CT molecular complexity index is 583. The van der Waals surface area contributed by atoms with Gasteiger partial charge in [0.2, 0.25) is 0 Å². The lowest BCUT2D eigenvalue weighted by atomic mass is 10.1. The third-order valence-electron chi connectivity index (χ3n) is 2.91. The molecule has 0 saturated heterocycles. The second-order valence-electron chi connectivity index (χ2n) is 4.43. The van der Waals surface area contributed by atoms with Gasteiger partial charge < -0.3 is 15.8 Å². The molecule has 0 unspecified atom stereocenters. The largest absolute Gasteiger partial charge is 0.493 e. The number of aromatic nitrogens is 3. The fourth-order valence-electron chi connectivity index (χ4n) is 1.95. The molecule has 0 aliphatic carbocycles. The van der Waals surface area contributed by atoms with Crippen LogP contribution in [0.4, 0.5) is 5.69 Å². The molecule has 112 valence electrons. The van der Waals surface area contributed by atoms with E-state index in [1.165, 1.54) is 0 Å². The summed E-state index contributed by atoms with van der Waals surface area (Å²) in [6.45, 7) is 3.57. The first kappa shape index (κ1) is 14.8. The monoisotopic (exact) mass is 289 g/mol. The van der Waals surface area contributed by atoms with Crippen LogP contribution in [-0.4, -0.2) is 34.1 Å². The molecule has 1 amide bonds. The molecule has 21 heavy (non-hydrogen) atoms. The number of carbonyl (C=O) groups excluding carboxylic acids is 1. The highest BCUT2D eigenvalue weighted by Crippen LogP contribution is 2.24. The van der Waals surface area contributed by atoms with E-state index in [2.05, 4.69) is 15.6 Å². The van der Waals surface area contributed by atoms with Crippen molar-refractivity contribution < 1.29 is 9.53 Å². The second-order valence-corrected chi connectivity index (χ2v) is 4.43. The minimum absolute atomic E-state index is 0.227. The minimum atomic E-state index is -0.227. The maximum atomic E-state index is 12.2. The SMILES string of the molecule is CCOc1cccc(N)c1C(=O)NCCCn1ccnn1. The van der Waals surface area contributed by atoms with E-state index < -0.39 is 0 Å². The number of nitrogens with zero attached hydrogens (tertiary/aromatic N) is 3. The first-order valence-electron chi connectivity index (χ1n) is 6.86. The minimum Gasteiger partial charge on any atom is -0.493 e. The second kappa shape index (κ2) is 7.28. The van der Waals surface area contributed by atoms with Crippen LogP contribution in [0.5, 0.6) is 5.75 Å². The number of anilines is 1. The van der Waals surface area contributed by atoms with Crippen LogP contribution in [0.25, 0.3) is 0 Å². The van der Waals surface area contributed by atoms with Crippen LogP contribution in [-0.2, 0) is 6.54 Å². The van der Waals surface area contributed by atoms with Crippen LogP contribution in [0, 0.1) is 0 Å². The Hall–Kier alpha value is -2.57. The zero-order chi connectivity index (χ0) is 15.1. The molecule has 0 spiro atoms. The van der Waals surface area contributed by atoms with Crippen LogP contribution in [0.2, 0.25) is 0 Å². The molecule has 0 fully saturated rings. The molecule has 0 saturated carbocycles. The maximum absolute atomic E-state index is 12.2. The smallest absolute Gasteiger partial charge is 0.257 e. The van der Waals surface area contributed by atoms with Gasteiger partial charge in [-0.25, -0.2) is 0 Å². The molecule has 0 atom stereocenters. The molecule has 2 aromatic rings. The summed E-state index contributed by atoms with van der Waals surface area (Å²) in [5, 5.41) is 10.4. The number of hydrogen-bond donors (Lipinski definition) is 2. The Morgan fingerprint density at radius 1 is 1.48 bits per heavy atom. The van der Waals surface area contributed by atoms with Crippen LogP contribution < -0.4 is 15.8 Å². The molecule has 0 aliphatic heterocycles. The summed E-state index contributed by atoms with van der Waals surface area (Å²) >= 11 is 0. The Balaban J connectivity index is 1.90. The van der Waals surface area contributed by atoms with Gasteiger partial charge in [-0.1, -0.05) is 11.3 Å². The summed E-state index contributed by atoms with van der Waals surface area (Å²) in [4.78, 5) is 12.2. The van der Waals surface area contributed by atoms with Gasteiger partial charge in [0.25, 0.3) is 5.91 Å². The number of nitrogens with two attached hydrogens (primary N) is 1. The Morgan fingerprint density at radius 3 is 3.05 bits per heavy atom. The number of aryl methyl sites for hydroxylation is 1. The number of hydrogen-bond acceptors (Lipinski definition) is 5. The van der Waals surface area contributed by atoms with Gasteiger partial charge in [0.05, 0.1) is 12.8 Å². The molecule has 0 radical (unpaired) electrons. The van der Waals surface area contributed by atoms with Gasteiger partial charge in [0, 0.05) is 25.0 Å². The number of benzene rings is 1. The zero-order valence-electron chi connectivity index (χ0n) is 12.0. The molecule has 1 heterocycles. The van der Waals surface area contributed by atoms with Gasteiger partial charge in [-0.05, 0) is 25.5 Å². The molecular formula is C14H19N5O2. The third-order valence-corrected chi connectivity index (χ3v) is 2.91. The van der Waals surface area contributed by atoms with Crippen molar-refractivity contribution in [1.29, 1.82) is 0 Å². The van der Waals surface area contributed by atoms with Crippen molar-refractivity contribution in [3.63, 3.8) is 0 Å². The first-order valence-corrected chi connectivity index (χ1v) is 6.86. The van der Waals surface area contributed by atoms with Crippen LogP contribution in [0.15, 0.2) is 30.6 Å². The first-order chi connectivity index (χ1) is 10.2. The predicted molar refractivity (Wildman–Crippen MR) is 79.0 cm³/mol. The van der Waals surface area contributed by atoms with Crippen molar-refractivity contribution in [1.82, 2.24) is 20.3 Å². The third kappa shape index (κ3) is 3.95. The Morgan fingerprint density at radius 2 is 2.33 bits per heavy atom. The van der Waals surface area contributed by atoms with E-state index in [1.807, 2.05) is 6.92 Å². The average molecular weight is 289 g/mol. The van der Waals surface area contributed by atoms with Crippen molar-refractivity contribution in [3.05, 3.63) is 36.2 Å². The van der Waals surface area contributed by atoms with Gasteiger partial charge in [0.15, 0.2) is 0 Å². The normalized spacial score (nSPS) is 10.3. The van der Waals surface area contributed by atoms with Crippen LogP contribution >= 0.6 is 0 Å². The van der Waals surface area contributed by atoms with Crippen molar-refractivity contribution in [3.8, 4) is 5.75 Å². The lowest BCUT2D eigenvalue weighted by Gasteiger charge is -2.12. The van der Waals surface area contributed by atoms with E-state index in [4.69, 9.17) is 10.5 Å². The predicted octanol–water partition coefficient (Wildman–Crippen LogP) is 1.08. The molecular weight excluding hydrogens is 270 g/mol. The van der Waals surface area contributed by atoms with E-state index in [1.54, 1.807) is 35.3 Å². The van der Waals surface area contributed by atoms with Crippen molar-refractivity contribution in [2.45, 2.75) is 19.9 Å². The van der Waals surface area contributed by atoms with Gasteiger partial charge in [0.1, 0.15) is 11.3 Å². The van der Waals surface area contributed by atoms with Crippen molar-refractivity contribution in [2.24, 2.45) is 0 Å². The highest BCUT2D eigenvalue weighted by molar-refractivity contribution is 6.01. The molecule has 2 rings (SSSR count). The molecule has 1 aromatic carbocycles. The van der Waals surface area contributed by atoms with E-state index in [0.717, 1.165) is 6.42 Å². The number of nitrogens with one attached hydrogen (secondary N) is 1. The summed E-state index contributed by atoms with van der Waals surface area (Å²) < 4.78 is 7.16. The summed E-state index contributed by atoms with van der Waals surface area (Å²) in [6.07, 6.45) is 4.16. The van der Waals surface area contributed by atoms with Gasteiger partial charge in [-0.2, -0.15) is 0 Å². The number of ether oxygens (including phenoxy) is 1. The van der Waals surface area contributed by atoms with Gasteiger partial charge in [-0.15, -0.1) is 5.10 Å². The lowest BCUT2D eigenvalue weighted by Crippen LogP contribution is -2.26. The fourth-order valence-corrected chi connectivity index (χ4v) is 1.95. The highest BCUT2D eigenvalue weighted by atomic mass is 16.5. The fraction of sp³-hybridized carbons (Fsp3) is 0.357. The van der Waals surface area contributed by atoms with E-state index >= 15 is 0 Å². The standard InChI is InChI=1S/C14H19N5O2/c1-2-21-12-6-3-5-11(15)13(12)14(20)16-7-4-9-19-10-8-17-18-19/h3,5-6,8,10H,2,4,7,9,15H2,1H3,(H,16,20). The molecule has 0 bridgehead atoms. The topological polar surface area (TPSA) is 95.1 Å². The quantitative estimate of drug-likeness (QED) is 0.587. The molecule has 1 aromatic heterocycles. The highest BCUT2D eigenvalue weighted by Gasteiger charge is 2.15.